The normalized spacial score (nSPS) is 17.0. The molecule has 144 valence electrons. The van der Waals surface area contributed by atoms with Crippen LogP contribution in [0.25, 0.3) is 0 Å². The van der Waals surface area contributed by atoms with Gasteiger partial charge in [-0.1, -0.05) is 0 Å². The third-order valence-corrected chi connectivity index (χ3v) is 4.22. The van der Waals surface area contributed by atoms with Crippen molar-refractivity contribution >= 4 is 29.9 Å². The van der Waals surface area contributed by atoms with E-state index in [2.05, 4.69) is 22.5 Å². The number of rotatable bonds is 8. The third-order valence-electron chi connectivity index (χ3n) is 4.22. The van der Waals surface area contributed by atoms with E-state index in [4.69, 9.17) is 13.9 Å². The van der Waals surface area contributed by atoms with Gasteiger partial charge in [0, 0.05) is 40.0 Å². The van der Waals surface area contributed by atoms with E-state index in [0.717, 1.165) is 69.7 Å². The van der Waals surface area contributed by atoms with Crippen molar-refractivity contribution in [3.8, 4) is 0 Å². The molecule has 6 nitrogen and oxygen atoms in total. The van der Waals surface area contributed by atoms with E-state index >= 15 is 0 Å². The summed E-state index contributed by atoms with van der Waals surface area (Å²) in [5.74, 6) is 3.28. The first kappa shape index (κ1) is 22.2. The van der Waals surface area contributed by atoms with Gasteiger partial charge in [-0.3, -0.25) is 4.99 Å². The molecular weight excluding hydrogens is 433 g/mol. The zero-order valence-corrected chi connectivity index (χ0v) is 17.9. The molecule has 0 radical (unpaired) electrons. The Kier molecular flexibility index (Phi) is 11.2. The average molecular weight is 465 g/mol. The van der Waals surface area contributed by atoms with Crippen molar-refractivity contribution in [3.63, 3.8) is 0 Å². The molecule has 25 heavy (non-hydrogen) atoms. The molecule has 1 aromatic rings. The van der Waals surface area contributed by atoms with Gasteiger partial charge in [0.2, 0.25) is 0 Å². The van der Waals surface area contributed by atoms with Crippen molar-refractivity contribution in [1.82, 2.24) is 10.6 Å². The molecule has 1 aliphatic rings. The van der Waals surface area contributed by atoms with Crippen molar-refractivity contribution in [1.29, 1.82) is 0 Å². The number of nitrogens with zero attached hydrogens (tertiary/aromatic N) is 1. The van der Waals surface area contributed by atoms with Crippen molar-refractivity contribution in [3.05, 3.63) is 23.7 Å². The van der Waals surface area contributed by atoms with Gasteiger partial charge in [-0.25, -0.2) is 0 Å². The fourth-order valence-corrected chi connectivity index (χ4v) is 2.70. The number of hydrogen-bond acceptors (Lipinski definition) is 4. The summed E-state index contributed by atoms with van der Waals surface area (Å²) in [6.45, 7) is 8.22. The zero-order valence-electron chi connectivity index (χ0n) is 15.5. The smallest absolute Gasteiger partial charge is 0.191 e. The van der Waals surface area contributed by atoms with E-state index in [-0.39, 0.29) is 30.0 Å². The third kappa shape index (κ3) is 8.42. The first-order valence-corrected chi connectivity index (χ1v) is 8.88. The molecule has 0 saturated carbocycles. The molecule has 2 N–H and O–H groups in total. The molecule has 1 aliphatic heterocycles. The minimum Gasteiger partial charge on any atom is -0.464 e. The van der Waals surface area contributed by atoms with Gasteiger partial charge >= 0.3 is 0 Å². The number of aliphatic imine (C=N–C) groups is 1. The Morgan fingerprint density at radius 1 is 1.36 bits per heavy atom. The van der Waals surface area contributed by atoms with Gasteiger partial charge in [-0.05, 0) is 51.2 Å². The standard InChI is InChI=1S/C18H31N3O3.HI/c1-14-5-6-17(24-14)15(2)21-18(19-3)20-9-4-10-23-13-16-7-11-22-12-8-16;/h5-6,15-16H,4,7-13H2,1-3H3,(H2,19,20,21);1H. The minimum atomic E-state index is 0. The predicted molar refractivity (Wildman–Crippen MR) is 111 cm³/mol. The van der Waals surface area contributed by atoms with E-state index in [1.807, 2.05) is 19.1 Å². The van der Waals surface area contributed by atoms with Crippen LogP contribution < -0.4 is 10.6 Å². The molecule has 1 fully saturated rings. The lowest BCUT2D eigenvalue weighted by molar-refractivity contribution is 0.0203. The molecule has 0 bridgehead atoms. The Bertz CT molecular complexity index is 502. The highest BCUT2D eigenvalue weighted by atomic mass is 127. The number of guanidine groups is 1. The zero-order chi connectivity index (χ0) is 17.2. The summed E-state index contributed by atoms with van der Waals surface area (Å²) in [7, 11) is 1.77. The quantitative estimate of drug-likeness (QED) is 0.267. The van der Waals surface area contributed by atoms with Crippen LogP contribution in [0.15, 0.2) is 21.5 Å². The van der Waals surface area contributed by atoms with E-state index in [0.29, 0.717) is 5.92 Å². The Morgan fingerprint density at radius 2 is 2.12 bits per heavy atom. The van der Waals surface area contributed by atoms with Crippen molar-refractivity contribution in [2.75, 3.05) is 40.0 Å². The van der Waals surface area contributed by atoms with Crippen LogP contribution >= 0.6 is 24.0 Å². The summed E-state index contributed by atoms with van der Waals surface area (Å²) in [5, 5.41) is 6.64. The second-order valence-electron chi connectivity index (χ2n) is 6.30. The van der Waals surface area contributed by atoms with Gasteiger partial charge in [0.1, 0.15) is 11.5 Å². The number of aryl methyl sites for hydroxylation is 1. The van der Waals surface area contributed by atoms with Crippen LogP contribution in [0.5, 0.6) is 0 Å². The van der Waals surface area contributed by atoms with Crippen molar-refractivity contribution in [2.45, 2.75) is 39.2 Å². The molecule has 0 spiro atoms. The fraction of sp³-hybridized carbons (Fsp3) is 0.722. The van der Waals surface area contributed by atoms with E-state index < -0.39 is 0 Å². The minimum absolute atomic E-state index is 0. The molecular formula is C18H32IN3O3. The van der Waals surface area contributed by atoms with E-state index in [9.17, 15) is 0 Å². The predicted octanol–water partition coefficient (Wildman–Crippen LogP) is 3.27. The lowest BCUT2D eigenvalue weighted by atomic mass is 10.0. The highest BCUT2D eigenvalue weighted by Gasteiger charge is 2.13. The molecule has 7 heteroatoms. The van der Waals surface area contributed by atoms with Gasteiger partial charge in [0.25, 0.3) is 0 Å². The average Bonchev–Trinajstić information content (AvgIpc) is 3.04. The summed E-state index contributed by atoms with van der Waals surface area (Å²) < 4.78 is 16.8. The maximum Gasteiger partial charge on any atom is 0.191 e. The van der Waals surface area contributed by atoms with Gasteiger partial charge < -0.3 is 24.5 Å². The van der Waals surface area contributed by atoms with Gasteiger partial charge in [0.15, 0.2) is 5.96 Å². The lowest BCUT2D eigenvalue weighted by Gasteiger charge is -2.21. The summed E-state index contributed by atoms with van der Waals surface area (Å²) >= 11 is 0. The van der Waals surface area contributed by atoms with Crippen LogP contribution in [0, 0.1) is 12.8 Å². The molecule has 0 aromatic carbocycles. The summed E-state index contributed by atoms with van der Waals surface area (Å²) in [6.07, 6.45) is 3.20. The Labute approximate surface area is 168 Å². The Balaban J connectivity index is 0.00000312. The van der Waals surface area contributed by atoms with Gasteiger partial charge in [0.05, 0.1) is 6.04 Å². The molecule has 0 amide bonds. The Morgan fingerprint density at radius 3 is 2.76 bits per heavy atom. The first-order valence-electron chi connectivity index (χ1n) is 8.88. The highest BCUT2D eigenvalue weighted by molar-refractivity contribution is 14.0. The van der Waals surface area contributed by atoms with E-state index in [1.54, 1.807) is 7.05 Å². The van der Waals surface area contributed by atoms with Gasteiger partial charge in [-0.15, -0.1) is 24.0 Å². The lowest BCUT2D eigenvalue weighted by Crippen LogP contribution is -2.39. The number of ether oxygens (including phenoxy) is 2. The molecule has 2 heterocycles. The summed E-state index contributed by atoms with van der Waals surface area (Å²) in [4.78, 5) is 4.25. The van der Waals surface area contributed by atoms with E-state index in [1.165, 1.54) is 0 Å². The summed E-state index contributed by atoms with van der Waals surface area (Å²) in [5.41, 5.74) is 0. The van der Waals surface area contributed by atoms with Crippen LogP contribution in [0.4, 0.5) is 0 Å². The van der Waals surface area contributed by atoms with Crippen LogP contribution in [0.2, 0.25) is 0 Å². The van der Waals surface area contributed by atoms with Crippen molar-refractivity contribution in [2.24, 2.45) is 10.9 Å². The van der Waals surface area contributed by atoms with Gasteiger partial charge in [-0.2, -0.15) is 0 Å². The van der Waals surface area contributed by atoms with Crippen LogP contribution in [0.3, 0.4) is 0 Å². The second kappa shape index (κ2) is 12.5. The van der Waals surface area contributed by atoms with Crippen LogP contribution in [-0.4, -0.2) is 46.0 Å². The van der Waals surface area contributed by atoms with Crippen LogP contribution in [0.1, 0.15) is 43.7 Å². The number of halogens is 1. The molecule has 1 atom stereocenters. The number of furan rings is 1. The van der Waals surface area contributed by atoms with Crippen LogP contribution in [-0.2, 0) is 9.47 Å². The first-order chi connectivity index (χ1) is 11.7. The SMILES string of the molecule is CN=C(NCCCOCC1CCOCC1)NC(C)c1ccc(C)o1.I. The van der Waals surface area contributed by atoms with Crippen molar-refractivity contribution < 1.29 is 13.9 Å². The summed E-state index contributed by atoms with van der Waals surface area (Å²) in [6, 6.07) is 4.04. The molecule has 1 saturated heterocycles. The molecule has 0 aliphatic carbocycles. The monoisotopic (exact) mass is 465 g/mol. The Hall–Kier alpha value is -0.800. The second-order valence-corrected chi connectivity index (χ2v) is 6.30. The maximum atomic E-state index is 5.77. The fourth-order valence-electron chi connectivity index (χ4n) is 2.70. The molecule has 2 rings (SSSR count). The number of nitrogens with one attached hydrogen (secondary N) is 2. The number of hydrogen-bond donors (Lipinski definition) is 2. The topological polar surface area (TPSA) is 68.0 Å². The largest absolute Gasteiger partial charge is 0.464 e. The maximum absolute atomic E-state index is 5.77. The molecule has 1 aromatic heterocycles. The molecule has 1 unspecified atom stereocenters. The highest BCUT2D eigenvalue weighted by Crippen LogP contribution is 2.15.